The average molecular weight is 1110 g/mol. The van der Waals surface area contributed by atoms with Gasteiger partial charge >= 0.3 is 23.9 Å². The third kappa shape index (κ3) is 43.8. The standard InChI is InChI=1S/C67H108O12/c1-4-7-10-13-16-19-22-25-28-29-30-31-34-37-40-43-46-49-52-55-61(70)78-65-63(72)62(71)64(66(73)74)79-67(65)76-57-58(77-60(69)54-51-48-45-42-39-36-33-27-24-21-18-15-12-9-6-3)56-75-59(68)53-50-47-44-41-38-35-32-26-23-20-17-14-11-8-5-2/h8,11,16-21,25-28,32-33,38,41,47,50,58,62-65,67,71-72H,4-7,9-10,12-15,22-24,29-31,34-37,39-40,42-46,48-49,51-57H2,1-3H3,(H,73,74)/b11-8-,19-16-,20-17-,21-18-,28-25-,32-26-,33-27-,41-38-,50-47-. The van der Waals surface area contributed by atoms with Gasteiger partial charge in [-0.15, -0.1) is 0 Å². The number of ether oxygens (including phenoxy) is 5. The van der Waals surface area contributed by atoms with Gasteiger partial charge in [-0.1, -0.05) is 220 Å². The Kier molecular flexibility index (Phi) is 49.5. The summed E-state index contributed by atoms with van der Waals surface area (Å²) < 4.78 is 28.3. The number of aliphatic hydroxyl groups is 2. The molecular formula is C67H108O12. The van der Waals surface area contributed by atoms with E-state index in [2.05, 4.69) is 112 Å². The highest BCUT2D eigenvalue weighted by atomic mass is 16.7. The molecule has 0 radical (unpaired) electrons. The van der Waals surface area contributed by atoms with Gasteiger partial charge in [-0.25, -0.2) is 4.79 Å². The Bertz CT molecular complexity index is 1790. The summed E-state index contributed by atoms with van der Waals surface area (Å²) in [5.74, 6) is -3.32. The van der Waals surface area contributed by atoms with Gasteiger partial charge < -0.3 is 39.0 Å². The number of hydrogen-bond donors (Lipinski definition) is 3. The molecule has 1 fully saturated rings. The number of esters is 3. The molecule has 0 aliphatic carbocycles. The van der Waals surface area contributed by atoms with Crippen molar-refractivity contribution in [2.45, 2.75) is 276 Å². The summed E-state index contributed by atoms with van der Waals surface area (Å²) >= 11 is 0. The van der Waals surface area contributed by atoms with Crippen LogP contribution < -0.4 is 0 Å². The molecule has 0 spiro atoms. The van der Waals surface area contributed by atoms with Crippen LogP contribution in [0.5, 0.6) is 0 Å². The van der Waals surface area contributed by atoms with Gasteiger partial charge in [0, 0.05) is 12.8 Å². The van der Waals surface area contributed by atoms with Crippen molar-refractivity contribution in [3.63, 3.8) is 0 Å². The van der Waals surface area contributed by atoms with E-state index in [-0.39, 0.29) is 25.9 Å². The topological polar surface area (TPSA) is 175 Å². The molecule has 0 bridgehead atoms. The van der Waals surface area contributed by atoms with Crippen LogP contribution >= 0.6 is 0 Å². The molecule has 12 nitrogen and oxygen atoms in total. The van der Waals surface area contributed by atoms with Crippen molar-refractivity contribution in [2.75, 3.05) is 13.2 Å². The van der Waals surface area contributed by atoms with Gasteiger partial charge in [0.25, 0.3) is 0 Å². The fourth-order valence-electron chi connectivity index (χ4n) is 8.62. The van der Waals surface area contributed by atoms with Gasteiger partial charge in [-0.2, -0.15) is 0 Å². The lowest BCUT2D eigenvalue weighted by molar-refractivity contribution is -0.301. The minimum atomic E-state index is -1.92. The Morgan fingerprint density at radius 3 is 1.28 bits per heavy atom. The van der Waals surface area contributed by atoms with E-state index >= 15 is 0 Å². The van der Waals surface area contributed by atoms with Crippen LogP contribution in [0.15, 0.2) is 109 Å². The van der Waals surface area contributed by atoms with Gasteiger partial charge in [0.2, 0.25) is 0 Å². The van der Waals surface area contributed by atoms with E-state index in [1.807, 2.05) is 12.2 Å². The number of hydrogen-bond acceptors (Lipinski definition) is 11. The maximum Gasteiger partial charge on any atom is 0.335 e. The predicted octanol–water partition coefficient (Wildman–Crippen LogP) is 16.2. The monoisotopic (exact) mass is 1100 g/mol. The van der Waals surface area contributed by atoms with Crippen LogP contribution in [0.25, 0.3) is 0 Å². The molecule has 1 aliphatic rings. The molecule has 1 saturated heterocycles. The normalized spacial score (nSPS) is 18.6. The van der Waals surface area contributed by atoms with Crippen molar-refractivity contribution in [3.8, 4) is 0 Å². The predicted molar refractivity (Wildman–Crippen MR) is 321 cm³/mol. The zero-order chi connectivity index (χ0) is 57.5. The fraction of sp³-hybridized carbons (Fsp3) is 0.672. The highest BCUT2D eigenvalue weighted by molar-refractivity contribution is 5.74. The number of carboxylic acid groups (broad SMARTS) is 1. The summed E-state index contributed by atoms with van der Waals surface area (Å²) in [7, 11) is 0. The molecule has 0 saturated carbocycles. The van der Waals surface area contributed by atoms with Crippen molar-refractivity contribution in [2.24, 2.45) is 0 Å². The summed E-state index contributed by atoms with van der Waals surface area (Å²) in [5.41, 5.74) is 0. The number of carbonyl (C=O) groups excluding carboxylic acids is 3. The maximum absolute atomic E-state index is 13.2. The van der Waals surface area contributed by atoms with E-state index in [1.54, 1.807) is 6.08 Å². The first kappa shape index (κ1) is 72.4. The summed E-state index contributed by atoms with van der Waals surface area (Å²) in [4.78, 5) is 51.2. The van der Waals surface area contributed by atoms with Crippen LogP contribution in [0.3, 0.4) is 0 Å². The number of aliphatic carboxylic acids is 1. The second-order valence-corrected chi connectivity index (χ2v) is 20.6. The van der Waals surface area contributed by atoms with Crippen molar-refractivity contribution in [1.29, 1.82) is 0 Å². The second-order valence-electron chi connectivity index (χ2n) is 20.6. The van der Waals surface area contributed by atoms with Crippen molar-refractivity contribution >= 4 is 23.9 Å². The summed E-state index contributed by atoms with van der Waals surface area (Å²) in [6.45, 7) is 5.73. The van der Waals surface area contributed by atoms with Crippen LogP contribution in [0.4, 0.5) is 0 Å². The average Bonchev–Trinajstić information content (AvgIpc) is 3.46. The molecule has 1 heterocycles. The molecule has 3 N–H and O–H groups in total. The first-order valence-corrected chi connectivity index (χ1v) is 30.9. The maximum atomic E-state index is 13.2. The van der Waals surface area contributed by atoms with Gasteiger partial charge in [0.05, 0.1) is 13.0 Å². The van der Waals surface area contributed by atoms with E-state index in [1.165, 1.54) is 70.6 Å². The molecule has 0 aromatic heterocycles. The zero-order valence-electron chi connectivity index (χ0n) is 49.3. The number of rotatable bonds is 51. The van der Waals surface area contributed by atoms with Gasteiger partial charge in [-0.05, 0) is 109 Å². The Balaban J connectivity index is 2.73. The molecular weight excluding hydrogens is 997 g/mol. The first-order chi connectivity index (χ1) is 38.6. The minimum Gasteiger partial charge on any atom is -0.479 e. The van der Waals surface area contributed by atoms with E-state index in [0.29, 0.717) is 19.3 Å². The summed E-state index contributed by atoms with van der Waals surface area (Å²) in [5, 5.41) is 31.5. The molecule has 79 heavy (non-hydrogen) atoms. The largest absolute Gasteiger partial charge is 0.479 e. The highest BCUT2D eigenvalue weighted by Gasteiger charge is 2.50. The zero-order valence-corrected chi connectivity index (χ0v) is 49.3. The lowest BCUT2D eigenvalue weighted by Gasteiger charge is -2.40. The van der Waals surface area contributed by atoms with E-state index in [0.717, 1.165) is 109 Å². The SMILES string of the molecule is CC/C=C\C/C=C\C/C=C\C/C=C\C/C=C\CC(=O)OCC(COC1OC(C(=O)O)C(O)C(O)C1OC(=O)CCCCCCCCCCC/C=C\C/C=C\CCCCC)OC(=O)CCCCCCC/C=C\C/C=C\CCCCC. The van der Waals surface area contributed by atoms with Crippen LogP contribution in [-0.4, -0.2) is 89.2 Å². The molecule has 0 amide bonds. The van der Waals surface area contributed by atoms with Crippen molar-refractivity contribution in [3.05, 3.63) is 109 Å². The van der Waals surface area contributed by atoms with Gasteiger partial charge in [-0.3, -0.25) is 14.4 Å². The minimum absolute atomic E-state index is 0.0224. The van der Waals surface area contributed by atoms with E-state index < -0.39 is 67.3 Å². The lowest BCUT2D eigenvalue weighted by Crippen LogP contribution is -2.61. The second kappa shape index (κ2) is 54.0. The van der Waals surface area contributed by atoms with Crippen molar-refractivity contribution in [1.82, 2.24) is 0 Å². The quantitative estimate of drug-likeness (QED) is 0.0228. The lowest BCUT2D eigenvalue weighted by atomic mass is 9.98. The smallest absolute Gasteiger partial charge is 0.335 e. The van der Waals surface area contributed by atoms with Crippen LogP contribution in [0, 0.1) is 0 Å². The van der Waals surface area contributed by atoms with Crippen LogP contribution in [0.1, 0.15) is 239 Å². The number of unbranched alkanes of at least 4 members (excludes halogenated alkanes) is 20. The third-order valence-electron chi connectivity index (χ3n) is 13.3. The van der Waals surface area contributed by atoms with Gasteiger partial charge in [0.15, 0.2) is 24.6 Å². The van der Waals surface area contributed by atoms with Crippen LogP contribution in [-0.2, 0) is 42.9 Å². The third-order valence-corrected chi connectivity index (χ3v) is 13.3. The fourth-order valence-corrected chi connectivity index (χ4v) is 8.62. The Hall–Kier alpha value is -4.62. The van der Waals surface area contributed by atoms with E-state index in [4.69, 9.17) is 23.7 Å². The molecule has 6 atom stereocenters. The Morgan fingerprint density at radius 1 is 0.443 bits per heavy atom. The number of carboxylic acids is 1. The molecule has 1 rings (SSSR count). The molecule has 1 aliphatic heterocycles. The number of aliphatic hydroxyl groups excluding tert-OH is 2. The summed E-state index contributed by atoms with van der Waals surface area (Å²) in [6, 6.07) is 0. The van der Waals surface area contributed by atoms with Crippen LogP contribution in [0.2, 0.25) is 0 Å². The first-order valence-electron chi connectivity index (χ1n) is 30.9. The van der Waals surface area contributed by atoms with Crippen molar-refractivity contribution < 1.29 is 58.2 Å². The van der Waals surface area contributed by atoms with E-state index in [9.17, 15) is 34.5 Å². The number of allylic oxidation sites excluding steroid dienone is 17. The summed E-state index contributed by atoms with van der Waals surface area (Å²) in [6.07, 6.45) is 60.7. The highest BCUT2D eigenvalue weighted by Crippen LogP contribution is 2.26. The molecule has 0 aromatic carbocycles. The molecule has 448 valence electrons. The number of carbonyl (C=O) groups is 4. The molecule has 12 heteroatoms. The Morgan fingerprint density at radius 2 is 0.835 bits per heavy atom. The van der Waals surface area contributed by atoms with Gasteiger partial charge in [0.1, 0.15) is 18.8 Å². The Labute approximate surface area is 478 Å². The molecule has 6 unspecified atom stereocenters. The molecule has 0 aromatic rings.